The predicted molar refractivity (Wildman–Crippen MR) is 103 cm³/mol. The number of anilines is 1. The minimum atomic E-state index is -0.523. The molecule has 0 unspecified atom stereocenters. The second-order valence-corrected chi connectivity index (χ2v) is 8.57. The number of amides is 2. The first-order valence-electron chi connectivity index (χ1n) is 9.19. The maximum Gasteiger partial charge on any atom is 0.240 e. The number of fused-ring (bicyclic) bond motifs is 6. The average Bonchev–Trinajstić information content (AvgIpc) is 3.44. The summed E-state index contributed by atoms with van der Waals surface area (Å²) in [5, 5.41) is 0.438. The number of hydrogen-bond donors (Lipinski definition) is 0. The molecule has 2 bridgehead atoms. The van der Waals surface area contributed by atoms with Crippen LogP contribution in [0.15, 0.2) is 48.7 Å². The Balaban J connectivity index is 1.38. The molecule has 0 spiro atoms. The van der Waals surface area contributed by atoms with E-state index in [9.17, 15) is 14.0 Å². The smallest absolute Gasteiger partial charge is 0.240 e. The Labute approximate surface area is 163 Å². The van der Waals surface area contributed by atoms with Crippen molar-refractivity contribution >= 4 is 38.5 Å². The topological polar surface area (TPSA) is 63.2 Å². The highest BCUT2D eigenvalue weighted by Gasteiger charge is 2.60. The maximum atomic E-state index is 13.1. The lowest BCUT2D eigenvalue weighted by atomic mass is 9.85. The fraction of sp³-hybridized carbons (Fsp3) is 0.238. The fourth-order valence-electron chi connectivity index (χ4n) is 4.83. The van der Waals surface area contributed by atoms with Crippen LogP contribution in [0.3, 0.4) is 0 Å². The molecular weight excluding hydrogens is 377 g/mol. The van der Waals surface area contributed by atoms with Gasteiger partial charge >= 0.3 is 0 Å². The number of pyridine rings is 1. The van der Waals surface area contributed by atoms with Crippen molar-refractivity contribution in [3.63, 3.8) is 0 Å². The van der Waals surface area contributed by atoms with Crippen LogP contribution in [0, 0.1) is 29.6 Å². The molecular formula is C21H14FN3O2S. The van der Waals surface area contributed by atoms with Crippen LogP contribution in [-0.4, -0.2) is 21.8 Å². The highest BCUT2D eigenvalue weighted by Crippen LogP contribution is 2.53. The zero-order chi connectivity index (χ0) is 19.0. The first-order valence-corrected chi connectivity index (χ1v) is 10.0. The van der Waals surface area contributed by atoms with E-state index in [0.717, 1.165) is 27.8 Å². The van der Waals surface area contributed by atoms with E-state index in [0.29, 0.717) is 5.13 Å². The molecule has 2 fully saturated rings. The highest BCUT2D eigenvalue weighted by molar-refractivity contribution is 7.22. The third kappa shape index (κ3) is 2.10. The van der Waals surface area contributed by atoms with Gasteiger partial charge < -0.3 is 0 Å². The molecule has 1 saturated heterocycles. The van der Waals surface area contributed by atoms with Crippen molar-refractivity contribution in [3.05, 3.63) is 54.6 Å². The lowest BCUT2D eigenvalue weighted by molar-refractivity contribution is -0.123. The van der Waals surface area contributed by atoms with Crippen LogP contribution >= 0.6 is 11.3 Å². The standard InChI is InChI=1S/C21H14FN3O2S/c22-16-6-4-13(9-23-16)10-3-5-14-15(8-10)28-21(24-14)25-19(26)17-11-1-2-12(7-11)18(17)20(25)27/h1-6,8-9,11-12,17-18H,7H2/t11-,12+,17-,18+. The number of nitrogens with zero attached hydrogens (tertiary/aromatic N) is 3. The number of thiazole rings is 1. The lowest BCUT2D eigenvalue weighted by Gasteiger charge is -2.14. The van der Waals surface area contributed by atoms with E-state index in [1.807, 2.05) is 18.2 Å². The number of rotatable bonds is 2. The Morgan fingerprint density at radius 3 is 2.39 bits per heavy atom. The van der Waals surface area contributed by atoms with E-state index >= 15 is 0 Å². The Morgan fingerprint density at radius 2 is 1.71 bits per heavy atom. The summed E-state index contributed by atoms with van der Waals surface area (Å²) in [4.78, 5) is 35.5. The number of hydrogen-bond acceptors (Lipinski definition) is 5. The van der Waals surface area contributed by atoms with Crippen molar-refractivity contribution in [2.24, 2.45) is 23.7 Å². The van der Waals surface area contributed by atoms with E-state index in [4.69, 9.17) is 0 Å². The average molecular weight is 391 g/mol. The van der Waals surface area contributed by atoms with Gasteiger partial charge in [-0.2, -0.15) is 4.39 Å². The van der Waals surface area contributed by atoms with E-state index < -0.39 is 5.95 Å². The molecule has 2 aromatic heterocycles. The van der Waals surface area contributed by atoms with Crippen molar-refractivity contribution in [2.45, 2.75) is 6.42 Å². The molecule has 0 N–H and O–H groups in total. The van der Waals surface area contributed by atoms with Gasteiger partial charge in [0.05, 0.1) is 22.1 Å². The van der Waals surface area contributed by atoms with Crippen LogP contribution in [0.5, 0.6) is 0 Å². The highest BCUT2D eigenvalue weighted by atomic mass is 32.1. The van der Waals surface area contributed by atoms with Gasteiger partial charge in [0.1, 0.15) is 0 Å². The lowest BCUT2D eigenvalue weighted by Crippen LogP contribution is -2.32. The van der Waals surface area contributed by atoms with Gasteiger partial charge in [-0.3, -0.25) is 9.59 Å². The number of imide groups is 1. The number of allylic oxidation sites excluding steroid dienone is 2. The van der Waals surface area contributed by atoms with E-state index in [1.54, 1.807) is 6.07 Å². The Morgan fingerprint density at radius 1 is 1.00 bits per heavy atom. The molecule has 2 aliphatic carbocycles. The molecule has 0 radical (unpaired) electrons. The summed E-state index contributed by atoms with van der Waals surface area (Å²) in [6, 6.07) is 8.66. The summed E-state index contributed by atoms with van der Waals surface area (Å²) in [5.41, 5.74) is 2.41. The molecule has 2 amide bonds. The van der Waals surface area contributed by atoms with Gasteiger partial charge in [-0.15, -0.1) is 0 Å². The van der Waals surface area contributed by atoms with Crippen molar-refractivity contribution in [3.8, 4) is 11.1 Å². The normalized spacial score (nSPS) is 28.0. The minimum Gasteiger partial charge on any atom is -0.274 e. The maximum absolute atomic E-state index is 13.1. The summed E-state index contributed by atoms with van der Waals surface area (Å²) in [7, 11) is 0. The molecule has 4 atom stereocenters. The molecule has 3 heterocycles. The Bertz CT molecular complexity index is 1160. The van der Waals surface area contributed by atoms with Crippen LogP contribution in [0.4, 0.5) is 9.52 Å². The summed E-state index contributed by atoms with van der Waals surface area (Å²) < 4.78 is 13.9. The van der Waals surface area contributed by atoms with Gasteiger partial charge in [-0.1, -0.05) is 29.6 Å². The Kier molecular flexibility index (Phi) is 3.18. The van der Waals surface area contributed by atoms with Gasteiger partial charge in [0.25, 0.3) is 0 Å². The van der Waals surface area contributed by atoms with Crippen LogP contribution in [0.1, 0.15) is 6.42 Å². The molecule has 1 aliphatic heterocycles. The van der Waals surface area contributed by atoms with Gasteiger partial charge in [0.15, 0.2) is 5.13 Å². The van der Waals surface area contributed by atoms with Gasteiger partial charge in [0, 0.05) is 11.8 Å². The van der Waals surface area contributed by atoms with Crippen LogP contribution < -0.4 is 4.90 Å². The largest absolute Gasteiger partial charge is 0.274 e. The second-order valence-electron chi connectivity index (χ2n) is 7.56. The van der Waals surface area contributed by atoms with E-state index in [2.05, 4.69) is 22.1 Å². The van der Waals surface area contributed by atoms with Crippen LogP contribution in [0.2, 0.25) is 0 Å². The van der Waals surface area contributed by atoms with E-state index in [-0.39, 0.29) is 35.5 Å². The van der Waals surface area contributed by atoms with Crippen molar-refractivity contribution in [1.29, 1.82) is 0 Å². The zero-order valence-corrected chi connectivity index (χ0v) is 15.4. The minimum absolute atomic E-state index is 0.117. The second kappa shape index (κ2) is 5.54. The number of halogens is 1. The molecule has 28 heavy (non-hydrogen) atoms. The third-order valence-corrected chi connectivity index (χ3v) is 7.10. The van der Waals surface area contributed by atoms with Crippen LogP contribution in [0.25, 0.3) is 21.3 Å². The molecule has 138 valence electrons. The monoisotopic (exact) mass is 391 g/mol. The quantitative estimate of drug-likeness (QED) is 0.379. The summed E-state index contributed by atoms with van der Waals surface area (Å²) in [6.07, 6.45) is 6.56. The summed E-state index contributed by atoms with van der Waals surface area (Å²) >= 11 is 1.33. The molecule has 1 saturated carbocycles. The number of benzene rings is 1. The first kappa shape index (κ1) is 16.1. The van der Waals surface area contributed by atoms with E-state index in [1.165, 1.54) is 28.5 Å². The van der Waals surface area contributed by atoms with Crippen molar-refractivity contribution in [1.82, 2.24) is 9.97 Å². The molecule has 5 nitrogen and oxygen atoms in total. The molecule has 1 aromatic carbocycles. The molecule has 3 aromatic rings. The molecule has 3 aliphatic rings. The zero-order valence-electron chi connectivity index (χ0n) is 14.6. The number of carbonyl (C=O) groups is 2. The van der Waals surface area contributed by atoms with Gasteiger partial charge in [0.2, 0.25) is 17.8 Å². The number of carbonyl (C=O) groups excluding carboxylic acids is 2. The molecule has 6 rings (SSSR count). The third-order valence-electron chi connectivity index (χ3n) is 6.10. The molecule has 7 heteroatoms. The van der Waals surface area contributed by atoms with Gasteiger partial charge in [-0.05, 0) is 48.1 Å². The van der Waals surface area contributed by atoms with Gasteiger partial charge in [-0.25, -0.2) is 14.9 Å². The SMILES string of the molecule is O=C1[C@@H]2[C@H](C(=O)N1c1nc3ccc(-c4ccc(F)nc4)cc3s1)[C@@H]1C=C[C@H]2C1. The summed E-state index contributed by atoms with van der Waals surface area (Å²) in [5.74, 6) is -0.842. The Hall–Kier alpha value is -2.93. The summed E-state index contributed by atoms with van der Waals surface area (Å²) in [6.45, 7) is 0. The predicted octanol–water partition coefficient (Wildman–Crippen LogP) is 3.81. The van der Waals surface area contributed by atoms with Crippen LogP contribution in [-0.2, 0) is 9.59 Å². The van der Waals surface area contributed by atoms with Crippen molar-refractivity contribution in [2.75, 3.05) is 4.90 Å². The first-order chi connectivity index (χ1) is 13.6. The number of aromatic nitrogens is 2. The van der Waals surface area contributed by atoms with Crippen molar-refractivity contribution < 1.29 is 14.0 Å². The fourth-order valence-corrected chi connectivity index (χ4v) is 5.84.